The van der Waals surface area contributed by atoms with Crippen LogP contribution in [0.5, 0.6) is 11.5 Å². The molecule has 10 heteroatoms. The number of hydrogen-bond acceptors (Lipinski definition) is 6. The third kappa shape index (κ3) is 5.61. The number of hydrogen-bond donors (Lipinski definition) is 2. The number of urea groups is 1. The van der Waals surface area contributed by atoms with E-state index in [9.17, 15) is 13.6 Å². The van der Waals surface area contributed by atoms with E-state index in [0.29, 0.717) is 35.9 Å². The summed E-state index contributed by atoms with van der Waals surface area (Å²) in [6.07, 6.45) is 1.76. The normalized spacial score (nSPS) is 13.5. The summed E-state index contributed by atoms with van der Waals surface area (Å²) >= 11 is 0. The Morgan fingerprint density at radius 1 is 0.886 bits per heavy atom. The molecule has 1 aromatic heterocycles. The summed E-state index contributed by atoms with van der Waals surface area (Å²) in [7, 11) is 0. The lowest BCUT2D eigenvalue weighted by Crippen LogP contribution is -2.36. The van der Waals surface area contributed by atoms with E-state index in [-0.39, 0.29) is 5.69 Å². The summed E-state index contributed by atoms with van der Waals surface area (Å²) in [4.78, 5) is 23.6. The van der Waals surface area contributed by atoms with Crippen LogP contribution < -0.4 is 20.3 Å². The van der Waals surface area contributed by atoms with Gasteiger partial charge in [0, 0.05) is 42.7 Å². The van der Waals surface area contributed by atoms with Gasteiger partial charge in [0.15, 0.2) is 0 Å². The minimum atomic E-state index is -0.784. The summed E-state index contributed by atoms with van der Waals surface area (Å²) < 4.78 is 38.0. The number of ether oxygens (including phenoxy) is 2. The highest BCUT2D eigenvalue weighted by atomic mass is 19.1. The van der Waals surface area contributed by atoms with Crippen molar-refractivity contribution in [3.63, 3.8) is 0 Å². The Balaban J connectivity index is 1.28. The highest BCUT2D eigenvalue weighted by Gasteiger charge is 2.14. The summed E-state index contributed by atoms with van der Waals surface area (Å²) in [5, 5.41) is 5.01. The van der Waals surface area contributed by atoms with E-state index in [1.165, 1.54) is 0 Å². The average molecular weight is 477 g/mol. The molecule has 0 unspecified atom stereocenters. The van der Waals surface area contributed by atoms with E-state index in [2.05, 4.69) is 20.5 Å². The topological polar surface area (TPSA) is 88.6 Å². The Morgan fingerprint density at radius 3 is 2.43 bits per heavy atom. The Morgan fingerprint density at radius 2 is 1.63 bits per heavy atom. The number of nitrogens with one attached hydrogen (secondary N) is 2. The average Bonchev–Trinajstić information content (AvgIpc) is 2.83. The van der Waals surface area contributed by atoms with Gasteiger partial charge in [0.1, 0.15) is 29.0 Å². The van der Waals surface area contributed by atoms with Crippen LogP contribution in [0.25, 0.3) is 11.0 Å². The molecule has 0 bridgehead atoms. The quantitative estimate of drug-likeness (QED) is 0.412. The van der Waals surface area contributed by atoms with Crippen LogP contribution in [0.15, 0.2) is 66.9 Å². The van der Waals surface area contributed by atoms with Gasteiger partial charge in [0.05, 0.1) is 30.4 Å². The SMILES string of the molecule is O=C(Nc1cc(F)cc(F)c1)Nc1cccc(Oc2ccc3ncc(N4CCOCC4)nc3c2)c1. The zero-order valence-electron chi connectivity index (χ0n) is 18.5. The van der Waals surface area contributed by atoms with Gasteiger partial charge in [0.2, 0.25) is 0 Å². The molecule has 0 aliphatic carbocycles. The van der Waals surface area contributed by atoms with Crippen molar-refractivity contribution in [1.82, 2.24) is 9.97 Å². The number of carbonyl (C=O) groups is 1. The number of amides is 2. The van der Waals surface area contributed by atoms with Gasteiger partial charge >= 0.3 is 6.03 Å². The first kappa shape index (κ1) is 22.5. The van der Waals surface area contributed by atoms with Crippen molar-refractivity contribution in [2.24, 2.45) is 0 Å². The summed E-state index contributed by atoms with van der Waals surface area (Å²) in [6, 6.07) is 14.3. The smallest absolute Gasteiger partial charge is 0.323 e. The van der Waals surface area contributed by atoms with Crippen molar-refractivity contribution in [2.75, 3.05) is 41.8 Å². The zero-order chi connectivity index (χ0) is 24.2. The third-order valence-electron chi connectivity index (χ3n) is 5.28. The molecule has 2 N–H and O–H groups in total. The lowest BCUT2D eigenvalue weighted by atomic mass is 10.2. The molecular weight excluding hydrogens is 456 g/mol. The number of anilines is 3. The van der Waals surface area contributed by atoms with Crippen LogP contribution in [-0.2, 0) is 4.74 Å². The third-order valence-corrected chi connectivity index (χ3v) is 5.28. The molecule has 1 aliphatic heterocycles. The van der Waals surface area contributed by atoms with Crippen LogP contribution in [-0.4, -0.2) is 42.3 Å². The maximum absolute atomic E-state index is 13.3. The number of aromatic nitrogens is 2. The van der Waals surface area contributed by atoms with Crippen molar-refractivity contribution in [3.05, 3.63) is 78.5 Å². The Labute approximate surface area is 199 Å². The molecule has 35 heavy (non-hydrogen) atoms. The monoisotopic (exact) mass is 477 g/mol. The predicted molar refractivity (Wildman–Crippen MR) is 128 cm³/mol. The van der Waals surface area contributed by atoms with E-state index < -0.39 is 17.7 Å². The first-order valence-electron chi connectivity index (χ1n) is 10.9. The second kappa shape index (κ2) is 9.90. The Kier molecular flexibility index (Phi) is 6.36. The molecule has 178 valence electrons. The number of morpholine rings is 1. The van der Waals surface area contributed by atoms with Crippen molar-refractivity contribution < 1.29 is 23.0 Å². The fourth-order valence-corrected chi connectivity index (χ4v) is 3.68. The number of fused-ring (bicyclic) bond motifs is 1. The van der Waals surface area contributed by atoms with Crippen molar-refractivity contribution in [2.45, 2.75) is 0 Å². The highest BCUT2D eigenvalue weighted by Crippen LogP contribution is 2.27. The first-order chi connectivity index (χ1) is 17.0. The molecule has 1 aliphatic rings. The second-order valence-electron chi connectivity index (χ2n) is 7.85. The summed E-state index contributed by atoms with van der Waals surface area (Å²) in [5.41, 5.74) is 1.88. The molecular formula is C25H21F2N5O3. The molecule has 3 aromatic carbocycles. The van der Waals surface area contributed by atoms with Gasteiger partial charge in [-0.2, -0.15) is 0 Å². The van der Waals surface area contributed by atoms with Crippen LogP contribution in [0.3, 0.4) is 0 Å². The van der Waals surface area contributed by atoms with Gasteiger partial charge in [-0.3, -0.25) is 4.98 Å². The molecule has 0 spiro atoms. The minimum absolute atomic E-state index is 0.00104. The minimum Gasteiger partial charge on any atom is -0.457 e. The van der Waals surface area contributed by atoms with Crippen molar-refractivity contribution >= 4 is 34.3 Å². The van der Waals surface area contributed by atoms with Gasteiger partial charge in [-0.15, -0.1) is 0 Å². The van der Waals surface area contributed by atoms with E-state index in [4.69, 9.17) is 14.5 Å². The van der Waals surface area contributed by atoms with Gasteiger partial charge < -0.3 is 25.0 Å². The number of carbonyl (C=O) groups excluding carboxylic acids is 1. The molecule has 4 aromatic rings. The fourth-order valence-electron chi connectivity index (χ4n) is 3.68. The van der Waals surface area contributed by atoms with Crippen LogP contribution in [0, 0.1) is 11.6 Å². The maximum atomic E-state index is 13.3. The van der Waals surface area contributed by atoms with E-state index >= 15 is 0 Å². The van der Waals surface area contributed by atoms with Crippen molar-refractivity contribution in [1.29, 1.82) is 0 Å². The molecule has 1 saturated heterocycles. The molecule has 1 fully saturated rings. The molecule has 0 radical (unpaired) electrons. The second-order valence-corrected chi connectivity index (χ2v) is 7.85. The molecule has 0 atom stereocenters. The predicted octanol–water partition coefficient (Wildman–Crippen LogP) is 5.18. The Hall–Kier alpha value is -4.31. The van der Waals surface area contributed by atoms with E-state index in [1.807, 2.05) is 6.07 Å². The summed E-state index contributed by atoms with van der Waals surface area (Å²) in [6.45, 7) is 2.84. The van der Waals surface area contributed by atoms with E-state index in [1.54, 1.807) is 42.6 Å². The van der Waals surface area contributed by atoms with Crippen LogP contribution in [0.4, 0.5) is 30.8 Å². The number of nitrogens with zero attached hydrogens (tertiary/aromatic N) is 3. The zero-order valence-corrected chi connectivity index (χ0v) is 18.5. The first-order valence-corrected chi connectivity index (χ1v) is 10.9. The maximum Gasteiger partial charge on any atom is 0.323 e. The number of rotatable bonds is 5. The number of halogens is 2. The molecule has 5 rings (SSSR count). The largest absolute Gasteiger partial charge is 0.457 e. The van der Waals surface area contributed by atoms with Gasteiger partial charge in [-0.25, -0.2) is 18.6 Å². The molecule has 2 heterocycles. The van der Waals surface area contributed by atoms with Crippen LogP contribution in [0.1, 0.15) is 0 Å². The van der Waals surface area contributed by atoms with Crippen molar-refractivity contribution in [3.8, 4) is 11.5 Å². The summed E-state index contributed by atoms with van der Waals surface area (Å²) in [5.74, 6) is 0.257. The lowest BCUT2D eigenvalue weighted by Gasteiger charge is -2.27. The van der Waals surface area contributed by atoms with Crippen LogP contribution in [0.2, 0.25) is 0 Å². The van der Waals surface area contributed by atoms with Gasteiger partial charge in [-0.05, 0) is 36.4 Å². The molecule has 2 amide bonds. The van der Waals surface area contributed by atoms with E-state index in [0.717, 1.165) is 42.6 Å². The highest BCUT2D eigenvalue weighted by molar-refractivity contribution is 5.99. The van der Waals surface area contributed by atoms with Gasteiger partial charge in [-0.1, -0.05) is 6.07 Å². The van der Waals surface area contributed by atoms with Crippen LogP contribution >= 0.6 is 0 Å². The van der Waals surface area contributed by atoms with Gasteiger partial charge in [0.25, 0.3) is 0 Å². The molecule has 0 saturated carbocycles. The molecule has 8 nitrogen and oxygen atoms in total. The Bertz CT molecular complexity index is 1360. The lowest BCUT2D eigenvalue weighted by molar-refractivity contribution is 0.122. The standard InChI is InChI=1S/C25H21F2N5O3/c26-16-10-17(27)12-19(11-16)30-25(33)29-18-2-1-3-20(13-18)35-21-4-5-22-23(14-21)31-24(15-28-22)32-6-8-34-9-7-32/h1-5,10-15H,6-9H2,(H2,29,30,33). The fraction of sp³-hybridized carbons (Fsp3) is 0.160. The number of benzene rings is 3.